The monoisotopic (exact) mass is 309 g/mol. The van der Waals surface area contributed by atoms with Crippen molar-refractivity contribution < 1.29 is 9.47 Å². The summed E-state index contributed by atoms with van der Waals surface area (Å²) >= 11 is 12.3. The quantitative estimate of drug-likeness (QED) is 0.913. The van der Waals surface area contributed by atoms with Gasteiger partial charge in [-0.15, -0.1) is 0 Å². The first kappa shape index (κ1) is 13.4. The third kappa shape index (κ3) is 2.65. The minimum atomic E-state index is 0.565. The van der Waals surface area contributed by atoms with Crippen molar-refractivity contribution >= 4 is 28.9 Å². The molecule has 0 atom stereocenters. The highest BCUT2D eigenvalue weighted by Crippen LogP contribution is 2.35. The molecule has 0 fully saturated rings. The molecule has 104 valence electrons. The molecule has 2 aromatic rings. The van der Waals surface area contributed by atoms with Gasteiger partial charge in [0.2, 0.25) is 0 Å². The molecule has 0 bridgehead atoms. The number of benzene rings is 2. The van der Waals surface area contributed by atoms with Crippen LogP contribution in [0.3, 0.4) is 0 Å². The topological polar surface area (TPSA) is 30.5 Å². The van der Waals surface area contributed by atoms with Crippen molar-refractivity contribution in [3.63, 3.8) is 0 Å². The summed E-state index contributed by atoms with van der Waals surface area (Å²) in [5.74, 6) is 1.57. The molecule has 1 N–H and O–H groups in total. The Kier molecular flexibility index (Phi) is 3.90. The minimum absolute atomic E-state index is 0.565. The number of ether oxygens (including phenoxy) is 2. The average molecular weight is 310 g/mol. The van der Waals surface area contributed by atoms with Gasteiger partial charge in [0.05, 0.1) is 15.7 Å². The van der Waals surface area contributed by atoms with Gasteiger partial charge in [0.25, 0.3) is 0 Å². The summed E-state index contributed by atoms with van der Waals surface area (Å²) in [7, 11) is 0. The summed E-state index contributed by atoms with van der Waals surface area (Å²) in [6.45, 7) is 1.72. The van der Waals surface area contributed by atoms with Gasteiger partial charge < -0.3 is 14.8 Å². The highest BCUT2D eigenvalue weighted by molar-refractivity contribution is 6.39. The van der Waals surface area contributed by atoms with Crippen LogP contribution in [-0.4, -0.2) is 13.2 Å². The van der Waals surface area contributed by atoms with Gasteiger partial charge in [0.1, 0.15) is 13.2 Å². The molecule has 0 saturated heterocycles. The smallest absolute Gasteiger partial charge is 0.166 e. The second-order valence-electron chi connectivity index (χ2n) is 4.39. The molecule has 1 aliphatic rings. The van der Waals surface area contributed by atoms with Crippen molar-refractivity contribution in [1.29, 1.82) is 0 Å². The molecule has 2 aromatic carbocycles. The summed E-state index contributed by atoms with van der Waals surface area (Å²) in [4.78, 5) is 0. The van der Waals surface area contributed by atoms with E-state index in [1.165, 1.54) is 0 Å². The molecule has 0 radical (unpaired) electrons. The molecule has 1 aliphatic heterocycles. The number of rotatable bonds is 3. The van der Waals surface area contributed by atoms with Gasteiger partial charge >= 0.3 is 0 Å². The second kappa shape index (κ2) is 5.81. The van der Waals surface area contributed by atoms with Crippen molar-refractivity contribution in [2.24, 2.45) is 0 Å². The van der Waals surface area contributed by atoms with Crippen LogP contribution >= 0.6 is 23.2 Å². The van der Waals surface area contributed by atoms with E-state index in [1.54, 1.807) is 12.1 Å². The Morgan fingerprint density at radius 3 is 2.45 bits per heavy atom. The van der Waals surface area contributed by atoms with Crippen LogP contribution in [0, 0.1) is 0 Å². The largest absolute Gasteiger partial charge is 0.486 e. The molecular formula is C15H13Cl2NO2. The van der Waals surface area contributed by atoms with Gasteiger partial charge in [-0.25, -0.2) is 0 Å². The Balaban J connectivity index is 1.82. The van der Waals surface area contributed by atoms with Gasteiger partial charge in [-0.2, -0.15) is 0 Å². The number of hydrogen-bond acceptors (Lipinski definition) is 3. The molecule has 0 spiro atoms. The van der Waals surface area contributed by atoms with Crippen LogP contribution in [0.2, 0.25) is 10.0 Å². The lowest BCUT2D eigenvalue weighted by Gasteiger charge is -2.21. The maximum atomic E-state index is 6.14. The van der Waals surface area contributed by atoms with E-state index in [0.717, 1.165) is 22.7 Å². The Bertz CT molecular complexity index is 611. The predicted molar refractivity (Wildman–Crippen MR) is 81.2 cm³/mol. The van der Waals surface area contributed by atoms with Gasteiger partial charge in [-0.1, -0.05) is 41.4 Å². The van der Waals surface area contributed by atoms with E-state index in [9.17, 15) is 0 Å². The zero-order chi connectivity index (χ0) is 13.9. The molecule has 1 heterocycles. The Labute approximate surface area is 127 Å². The minimum Gasteiger partial charge on any atom is -0.486 e. The zero-order valence-corrected chi connectivity index (χ0v) is 12.2. The van der Waals surface area contributed by atoms with E-state index in [1.807, 2.05) is 24.3 Å². The maximum absolute atomic E-state index is 6.14. The molecule has 5 heteroatoms. The highest BCUT2D eigenvalue weighted by Gasteiger charge is 2.15. The molecule has 0 amide bonds. The van der Waals surface area contributed by atoms with Gasteiger partial charge in [-0.05, 0) is 18.2 Å². The number of para-hydroxylation sites is 2. The number of anilines is 1. The van der Waals surface area contributed by atoms with Crippen molar-refractivity contribution in [3.05, 3.63) is 52.0 Å². The Morgan fingerprint density at radius 1 is 0.950 bits per heavy atom. The Morgan fingerprint density at radius 2 is 1.65 bits per heavy atom. The average Bonchev–Trinajstić information content (AvgIpc) is 2.47. The summed E-state index contributed by atoms with van der Waals surface area (Å²) in [6, 6.07) is 11.3. The molecule has 3 nitrogen and oxygen atoms in total. The van der Waals surface area contributed by atoms with Gasteiger partial charge in [0, 0.05) is 12.1 Å². The second-order valence-corrected chi connectivity index (χ2v) is 5.21. The summed E-state index contributed by atoms with van der Waals surface area (Å²) in [5.41, 5.74) is 1.74. The number of hydrogen-bond donors (Lipinski definition) is 1. The summed E-state index contributed by atoms with van der Waals surface area (Å²) < 4.78 is 11.2. The molecular weight excluding hydrogens is 297 g/mol. The maximum Gasteiger partial charge on any atom is 0.166 e. The standard InChI is InChI=1S/C15H13Cl2NO2/c16-11-4-2-5-12(17)14(11)18-9-10-3-1-6-13-15(10)20-8-7-19-13/h1-6,18H,7-9H2. The third-order valence-corrected chi connectivity index (χ3v) is 3.70. The van der Waals surface area contributed by atoms with E-state index in [-0.39, 0.29) is 0 Å². The Hall–Kier alpha value is -1.58. The lowest BCUT2D eigenvalue weighted by Crippen LogP contribution is -2.17. The first-order valence-corrected chi connectivity index (χ1v) is 7.06. The van der Waals surface area contributed by atoms with E-state index >= 15 is 0 Å². The number of nitrogens with one attached hydrogen (secondary N) is 1. The summed E-state index contributed by atoms with van der Waals surface area (Å²) in [6.07, 6.45) is 0. The normalized spacial score (nSPS) is 13.1. The van der Waals surface area contributed by atoms with Crippen LogP contribution in [0.4, 0.5) is 5.69 Å². The number of fused-ring (bicyclic) bond motifs is 1. The number of halogens is 2. The van der Waals surface area contributed by atoms with Crippen LogP contribution in [0.1, 0.15) is 5.56 Å². The first-order chi connectivity index (χ1) is 9.75. The van der Waals surface area contributed by atoms with Crippen LogP contribution in [0.25, 0.3) is 0 Å². The molecule has 3 rings (SSSR count). The lowest BCUT2D eigenvalue weighted by molar-refractivity contribution is 0.170. The van der Waals surface area contributed by atoms with Gasteiger partial charge in [-0.3, -0.25) is 0 Å². The van der Waals surface area contributed by atoms with Crippen LogP contribution in [-0.2, 0) is 6.54 Å². The van der Waals surface area contributed by atoms with E-state index in [4.69, 9.17) is 32.7 Å². The third-order valence-electron chi connectivity index (χ3n) is 3.07. The van der Waals surface area contributed by atoms with Crippen molar-refractivity contribution in [1.82, 2.24) is 0 Å². The van der Waals surface area contributed by atoms with Crippen LogP contribution < -0.4 is 14.8 Å². The zero-order valence-electron chi connectivity index (χ0n) is 10.7. The summed E-state index contributed by atoms with van der Waals surface area (Å²) in [5, 5.41) is 4.44. The molecule has 0 saturated carbocycles. The molecule has 0 aliphatic carbocycles. The molecule has 0 unspecified atom stereocenters. The van der Waals surface area contributed by atoms with Crippen molar-refractivity contribution in [2.45, 2.75) is 6.54 Å². The van der Waals surface area contributed by atoms with Crippen LogP contribution in [0.5, 0.6) is 11.5 Å². The van der Waals surface area contributed by atoms with E-state index < -0.39 is 0 Å². The van der Waals surface area contributed by atoms with Crippen LogP contribution in [0.15, 0.2) is 36.4 Å². The van der Waals surface area contributed by atoms with Gasteiger partial charge in [0.15, 0.2) is 11.5 Å². The predicted octanol–water partition coefficient (Wildman–Crippen LogP) is 4.38. The lowest BCUT2D eigenvalue weighted by atomic mass is 10.1. The molecule has 0 aromatic heterocycles. The highest BCUT2D eigenvalue weighted by atomic mass is 35.5. The SMILES string of the molecule is Clc1cccc(Cl)c1NCc1cccc2c1OCCO2. The van der Waals surface area contributed by atoms with Crippen molar-refractivity contribution in [2.75, 3.05) is 18.5 Å². The fraction of sp³-hybridized carbons (Fsp3) is 0.200. The molecule has 20 heavy (non-hydrogen) atoms. The van der Waals surface area contributed by atoms with E-state index in [2.05, 4.69) is 5.32 Å². The first-order valence-electron chi connectivity index (χ1n) is 6.31. The fourth-order valence-corrected chi connectivity index (χ4v) is 2.65. The fourth-order valence-electron chi connectivity index (χ4n) is 2.12. The van der Waals surface area contributed by atoms with E-state index in [0.29, 0.717) is 29.8 Å². The van der Waals surface area contributed by atoms with Crippen molar-refractivity contribution in [3.8, 4) is 11.5 Å².